The maximum atomic E-state index is 12.0. The second kappa shape index (κ2) is 7.07. The average Bonchev–Trinajstić information content (AvgIpc) is 2.36. The molecule has 1 amide bonds. The van der Waals surface area contributed by atoms with Crippen LogP contribution >= 0.6 is 0 Å². The van der Waals surface area contributed by atoms with Gasteiger partial charge in [0.05, 0.1) is 6.04 Å². The number of unbranched alkanes of at least 4 members (excludes halogenated alkanes) is 1. The van der Waals surface area contributed by atoms with Crippen molar-refractivity contribution >= 4 is 5.91 Å². The van der Waals surface area contributed by atoms with Crippen LogP contribution in [0.4, 0.5) is 0 Å². The molecule has 1 atom stereocenters. The van der Waals surface area contributed by atoms with E-state index in [2.05, 4.69) is 6.92 Å². The molecule has 1 unspecified atom stereocenters. The van der Waals surface area contributed by atoms with E-state index >= 15 is 0 Å². The number of benzene rings is 1. The van der Waals surface area contributed by atoms with Crippen molar-refractivity contribution in [3.8, 4) is 0 Å². The molecule has 0 bridgehead atoms. The molecule has 0 fully saturated rings. The van der Waals surface area contributed by atoms with Crippen LogP contribution in [0.1, 0.15) is 31.7 Å². The lowest BCUT2D eigenvalue weighted by molar-refractivity contribution is -0.132. The molecule has 0 saturated heterocycles. The van der Waals surface area contributed by atoms with E-state index in [0.717, 1.165) is 24.8 Å². The predicted octanol–water partition coefficient (Wildman–Crippen LogP) is 2.16. The van der Waals surface area contributed by atoms with Crippen molar-refractivity contribution in [3.05, 3.63) is 35.9 Å². The predicted molar refractivity (Wildman–Crippen MR) is 70.4 cm³/mol. The largest absolute Gasteiger partial charge is 0.340 e. The Kier molecular flexibility index (Phi) is 5.70. The van der Waals surface area contributed by atoms with E-state index in [1.807, 2.05) is 30.3 Å². The molecule has 0 radical (unpaired) electrons. The highest BCUT2D eigenvalue weighted by Gasteiger charge is 2.17. The van der Waals surface area contributed by atoms with Crippen LogP contribution in [0, 0.1) is 0 Å². The molecule has 2 N–H and O–H groups in total. The molecular weight excluding hydrogens is 212 g/mol. The van der Waals surface area contributed by atoms with Gasteiger partial charge in [0, 0.05) is 13.6 Å². The summed E-state index contributed by atoms with van der Waals surface area (Å²) in [6.07, 6.45) is 2.85. The van der Waals surface area contributed by atoms with E-state index < -0.39 is 0 Å². The van der Waals surface area contributed by atoms with E-state index in [9.17, 15) is 4.79 Å². The molecule has 3 heteroatoms. The van der Waals surface area contributed by atoms with Gasteiger partial charge < -0.3 is 10.6 Å². The van der Waals surface area contributed by atoms with Crippen molar-refractivity contribution in [2.24, 2.45) is 5.73 Å². The van der Waals surface area contributed by atoms with Crippen molar-refractivity contribution < 1.29 is 4.79 Å². The maximum absolute atomic E-state index is 12.0. The summed E-state index contributed by atoms with van der Waals surface area (Å²) in [5.41, 5.74) is 7.00. The molecule has 0 heterocycles. The molecule has 1 rings (SSSR count). The molecule has 0 aliphatic carbocycles. The Hall–Kier alpha value is -1.35. The summed E-state index contributed by atoms with van der Waals surface area (Å²) in [6.45, 7) is 2.73. The van der Waals surface area contributed by atoms with Crippen LogP contribution in [0.5, 0.6) is 0 Å². The van der Waals surface area contributed by atoms with E-state index in [1.165, 1.54) is 0 Å². The third-order valence-corrected chi connectivity index (χ3v) is 2.82. The van der Waals surface area contributed by atoms with Gasteiger partial charge in [0.15, 0.2) is 0 Å². The Morgan fingerprint density at radius 3 is 2.59 bits per heavy atom. The fraction of sp³-hybridized carbons (Fsp3) is 0.500. The number of likely N-dealkylation sites (N-methyl/N-ethyl adjacent to an activating group) is 1. The van der Waals surface area contributed by atoms with Crippen LogP contribution in [-0.2, 0) is 11.3 Å². The Bertz CT molecular complexity index is 337. The number of amides is 1. The number of nitrogens with zero attached hydrogens (tertiary/aromatic N) is 1. The number of rotatable bonds is 6. The van der Waals surface area contributed by atoms with Gasteiger partial charge in [-0.1, -0.05) is 50.1 Å². The minimum Gasteiger partial charge on any atom is -0.340 e. The molecule has 0 spiro atoms. The molecular formula is C14H22N2O. The third-order valence-electron chi connectivity index (χ3n) is 2.82. The lowest BCUT2D eigenvalue weighted by atomic mass is 10.1. The SMILES string of the molecule is CCCCC(N)C(=O)N(C)Cc1ccccc1. The van der Waals surface area contributed by atoms with Gasteiger partial charge in [-0.25, -0.2) is 0 Å². The van der Waals surface area contributed by atoms with Crippen molar-refractivity contribution in [3.63, 3.8) is 0 Å². The summed E-state index contributed by atoms with van der Waals surface area (Å²) in [6, 6.07) is 9.60. The topological polar surface area (TPSA) is 46.3 Å². The van der Waals surface area contributed by atoms with E-state index in [1.54, 1.807) is 11.9 Å². The molecule has 0 aromatic heterocycles. The van der Waals surface area contributed by atoms with Gasteiger partial charge in [0.1, 0.15) is 0 Å². The van der Waals surface area contributed by atoms with Crippen LogP contribution in [0.25, 0.3) is 0 Å². The Morgan fingerprint density at radius 1 is 1.35 bits per heavy atom. The molecule has 0 aliphatic heterocycles. The first-order chi connectivity index (χ1) is 8.15. The van der Waals surface area contributed by atoms with Crippen LogP contribution < -0.4 is 5.73 Å². The van der Waals surface area contributed by atoms with E-state index in [4.69, 9.17) is 5.73 Å². The second-order valence-corrected chi connectivity index (χ2v) is 4.43. The van der Waals surface area contributed by atoms with Crippen LogP contribution in [0.3, 0.4) is 0 Å². The Balaban J connectivity index is 2.47. The number of carbonyl (C=O) groups excluding carboxylic acids is 1. The molecule has 3 nitrogen and oxygen atoms in total. The fourth-order valence-electron chi connectivity index (χ4n) is 1.77. The Morgan fingerprint density at radius 2 is 2.00 bits per heavy atom. The first-order valence-electron chi connectivity index (χ1n) is 6.19. The van der Waals surface area contributed by atoms with Gasteiger partial charge in [-0.2, -0.15) is 0 Å². The van der Waals surface area contributed by atoms with Gasteiger partial charge in [0.25, 0.3) is 0 Å². The van der Waals surface area contributed by atoms with Gasteiger partial charge in [0.2, 0.25) is 5.91 Å². The second-order valence-electron chi connectivity index (χ2n) is 4.43. The number of hydrogen-bond acceptors (Lipinski definition) is 2. The van der Waals surface area contributed by atoms with E-state index in [-0.39, 0.29) is 11.9 Å². The van der Waals surface area contributed by atoms with Crippen LogP contribution in [-0.4, -0.2) is 23.9 Å². The zero-order chi connectivity index (χ0) is 12.7. The first-order valence-corrected chi connectivity index (χ1v) is 6.19. The summed E-state index contributed by atoms with van der Waals surface area (Å²) in [5, 5.41) is 0. The van der Waals surface area contributed by atoms with Gasteiger partial charge >= 0.3 is 0 Å². The highest BCUT2D eigenvalue weighted by atomic mass is 16.2. The minimum absolute atomic E-state index is 0.0299. The monoisotopic (exact) mass is 234 g/mol. The lowest BCUT2D eigenvalue weighted by Gasteiger charge is -2.21. The van der Waals surface area contributed by atoms with Crippen molar-refractivity contribution in [1.29, 1.82) is 0 Å². The van der Waals surface area contributed by atoms with Crippen molar-refractivity contribution in [2.45, 2.75) is 38.8 Å². The van der Waals surface area contributed by atoms with Gasteiger partial charge in [-0.3, -0.25) is 4.79 Å². The minimum atomic E-state index is -0.358. The molecule has 17 heavy (non-hydrogen) atoms. The Labute approximate surface area is 104 Å². The summed E-state index contributed by atoms with van der Waals surface area (Å²) in [7, 11) is 1.81. The molecule has 94 valence electrons. The zero-order valence-electron chi connectivity index (χ0n) is 10.7. The molecule has 0 saturated carbocycles. The quantitative estimate of drug-likeness (QED) is 0.820. The van der Waals surface area contributed by atoms with Crippen LogP contribution in [0.15, 0.2) is 30.3 Å². The maximum Gasteiger partial charge on any atom is 0.239 e. The first kappa shape index (κ1) is 13.7. The molecule has 0 aliphatic rings. The number of hydrogen-bond donors (Lipinski definition) is 1. The summed E-state index contributed by atoms with van der Waals surface area (Å²) < 4.78 is 0. The van der Waals surface area contributed by atoms with Crippen molar-refractivity contribution in [2.75, 3.05) is 7.05 Å². The van der Waals surface area contributed by atoms with Crippen LogP contribution in [0.2, 0.25) is 0 Å². The van der Waals surface area contributed by atoms with E-state index in [0.29, 0.717) is 6.54 Å². The smallest absolute Gasteiger partial charge is 0.239 e. The third kappa shape index (κ3) is 4.57. The summed E-state index contributed by atoms with van der Waals surface area (Å²) >= 11 is 0. The highest BCUT2D eigenvalue weighted by molar-refractivity contribution is 5.81. The molecule has 1 aromatic carbocycles. The fourth-order valence-corrected chi connectivity index (χ4v) is 1.77. The molecule has 1 aromatic rings. The zero-order valence-corrected chi connectivity index (χ0v) is 10.7. The summed E-state index contributed by atoms with van der Waals surface area (Å²) in [4.78, 5) is 13.7. The van der Waals surface area contributed by atoms with Gasteiger partial charge in [-0.05, 0) is 12.0 Å². The standard InChI is InChI=1S/C14H22N2O/c1-3-4-10-13(15)14(17)16(2)11-12-8-6-5-7-9-12/h5-9,13H,3-4,10-11,15H2,1-2H3. The highest BCUT2D eigenvalue weighted by Crippen LogP contribution is 2.06. The lowest BCUT2D eigenvalue weighted by Crippen LogP contribution is -2.41. The van der Waals surface area contributed by atoms with Gasteiger partial charge in [-0.15, -0.1) is 0 Å². The summed E-state index contributed by atoms with van der Waals surface area (Å²) in [5.74, 6) is 0.0299. The van der Waals surface area contributed by atoms with Crippen molar-refractivity contribution in [1.82, 2.24) is 4.90 Å². The number of carbonyl (C=O) groups is 1. The normalized spacial score (nSPS) is 12.2. The average molecular weight is 234 g/mol. The number of nitrogens with two attached hydrogens (primary N) is 1.